The van der Waals surface area contributed by atoms with Gasteiger partial charge in [0.1, 0.15) is 11.5 Å². The maximum atomic E-state index is 9.91. The molecule has 0 amide bonds. The van der Waals surface area contributed by atoms with E-state index >= 15 is 0 Å². The van der Waals surface area contributed by atoms with Gasteiger partial charge in [0.25, 0.3) is 0 Å². The van der Waals surface area contributed by atoms with Crippen molar-refractivity contribution in [3.8, 4) is 22.8 Å². The van der Waals surface area contributed by atoms with Gasteiger partial charge in [-0.05, 0) is 37.0 Å². The Morgan fingerprint density at radius 3 is 2.81 bits per heavy atom. The lowest BCUT2D eigenvalue weighted by Gasteiger charge is -2.29. The normalized spacial score (nSPS) is 15.7. The number of ether oxygens (including phenoxy) is 1. The van der Waals surface area contributed by atoms with Crippen LogP contribution in [0.5, 0.6) is 11.5 Å². The third kappa shape index (κ3) is 4.61. The second-order valence-corrected chi connectivity index (χ2v) is 9.39. The fraction of sp³-hybridized carbons (Fsp3) is 0.375. The molecular formula is C24H27N5O2S. The topological polar surface area (TPSA) is 85.1 Å². The fourth-order valence-corrected chi connectivity index (χ4v) is 5.32. The summed E-state index contributed by atoms with van der Waals surface area (Å²) in [5, 5.41) is 18.5. The number of aliphatic hydroxyl groups excluding tert-OH is 1. The van der Waals surface area contributed by atoms with E-state index < -0.39 is 0 Å². The molecule has 0 unspecified atom stereocenters. The highest BCUT2D eigenvalue weighted by molar-refractivity contribution is 7.22. The number of aromatic nitrogens is 4. The van der Waals surface area contributed by atoms with Crippen molar-refractivity contribution < 1.29 is 9.84 Å². The van der Waals surface area contributed by atoms with Crippen LogP contribution in [0.2, 0.25) is 0 Å². The van der Waals surface area contributed by atoms with Crippen molar-refractivity contribution in [2.24, 2.45) is 13.0 Å². The van der Waals surface area contributed by atoms with E-state index in [0.29, 0.717) is 5.92 Å². The van der Waals surface area contributed by atoms with Crippen molar-refractivity contribution >= 4 is 26.7 Å². The van der Waals surface area contributed by atoms with E-state index in [4.69, 9.17) is 9.72 Å². The van der Waals surface area contributed by atoms with E-state index in [2.05, 4.69) is 15.4 Å². The average molecular weight is 450 g/mol. The molecule has 1 fully saturated rings. The molecule has 3 heterocycles. The molecule has 4 aromatic rings. The molecule has 7 nitrogen and oxygen atoms in total. The lowest BCUT2D eigenvalue weighted by Crippen LogP contribution is -2.33. The predicted octanol–water partition coefficient (Wildman–Crippen LogP) is 5.24. The first-order valence-corrected chi connectivity index (χ1v) is 11.9. The quantitative estimate of drug-likeness (QED) is 0.401. The van der Waals surface area contributed by atoms with Crippen LogP contribution in [0.25, 0.3) is 21.5 Å². The predicted molar refractivity (Wildman–Crippen MR) is 127 cm³/mol. The van der Waals surface area contributed by atoms with Gasteiger partial charge in [0, 0.05) is 37.1 Å². The Bertz CT molecular complexity index is 1200. The monoisotopic (exact) mass is 449 g/mol. The molecule has 0 spiro atoms. The summed E-state index contributed by atoms with van der Waals surface area (Å²) in [5.41, 5.74) is 2.69. The first kappa shape index (κ1) is 20.9. The summed E-state index contributed by atoms with van der Waals surface area (Å²) in [4.78, 5) is 9.14. The van der Waals surface area contributed by atoms with Crippen molar-refractivity contribution in [1.29, 1.82) is 0 Å². The standard InChI is InChI=1S/C24H27N5O2S/c1-29-14-17(13-26-29)21-11-19(9-10-25-21)31-18-7-8-20-23(12-18)32-24(27-20)28-22(15-30)16-5-3-2-4-6-16/h7-14,16,22,30H,2-6,15H2,1H3,(H,27,28)/t22-/m1/s1. The van der Waals surface area contributed by atoms with Gasteiger partial charge >= 0.3 is 0 Å². The summed E-state index contributed by atoms with van der Waals surface area (Å²) >= 11 is 1.60. The van der Waals surface area contributed by atoms with Crippen LogP contribution in [0, 0.1) is 5.92 Å². The van der Waals surface area contributed by atoms with E-state index in [1.54, 1.807) is 28.4 Å². The van der Waals surface area contributed by atoms with Crippen molar-refractivity contribution in [2.45, 2.75) is 38.1 Å². The number of rotatable bonds is 7. The number of anilines is 1. The van der Waals surface area contributed by atoms with Gasteiger partial charge in [0.2, 0.25) is 0 Å². The van der Waals surface area contributed by atoms with Crippen LogP contribution < -0.4 is 10.1 Å². The number of benzene rings is 1. The Hall–Kier alpha value is -2.97. The highest BCUT2D eigenvalue weighted by Crippen LogP contribution is 2.34. The molecule has 1 aliphatic rings. The second-order valence-electron chi connectivity index (χ2n) is 8.36. The van der Waals surface area contributed by atoms with Crippen molar-refractivity contribution in [3.63, 3.8) is 0 Å². The molecule has 1 atom stereocenters. The lowest BCUT2D eigenvalue weighted by molar-refractivity contribution is 0.209. The van der Waals surface area contributed by atoms with E-state index in [1.165, 1.54) is 32.1 Å². The molecule has 0 bridgehead atoms. The SMILES string of the molecule is Cn1cc(-c2cc(Oc3ccc4nc(N[C@H](CO)C5CCCCC5)sc4c3)ccn2)cn1. The van der Waals surface area contributed by atoms with Gasteiger partial charge in [-0.2, -0.15) is 5.10 Å². The lowest BCUT2D eigenvalue weighted by atomic mass is 9.84. The van der Waals surface area contributed by atoms with Gasteiger partial charge in [-0.15, -0.1) is 0 Å². The Labute approximate surface area is 191 Å². The number of thiazole rings is 1. The summed E-state index contributed by atoms with van der Waals surface area (Å²) in [7, 11) is 1.88. The zero-order valence-electron chi connectivity index (χ0n) is 18.1. The molecule has 2 N–H and O–H groups in total. The van der Waals surface area contributed by atoms with Crippen LogP contribution in [-0.2, 0) is 7.05 Å². The van der Waals surface area contributed by atoms with E-state index in [-0.39, 0.29) is 12.6 Å². The molecule has 0 saturated heterocycles. The average Bonchev–Trinajstić information content (AvgIpc) is 3.43. The van der Waals surface area contributed by atoms with E-state index in [1.807, 2.05) is 43.6 Å². The Balaban J connectivity index is 1.32. The maximum Gasteiger partial charge on any atom is 0.184 e. The Morgan fingerprint density at radius 1 is 1.19 bits per heavy atom. The van der Waals surface area contributed by atoms with Gasteiger partial charge in [-0.25, -0.2) is 4.98 Å². The van der Waals surface area contributed by atoms with Crippen molar-refractivity contribution in [3.05, 3.63) is 48.9 Å². The summed E-state index contributed by atoms with van der Waals surface area (Å²) in [6.07, 6.45) is 11.6. The highest BCUT2D eigenvalue weighted by Gasteiger charge is 2.24. The molecule has 3 aromatic heterocycles. The number of aliphatic hydroxyl groups is 1. The number of fused-ring (bicyclic) bond motifs is 1. The third-order valence-electron chi connectivity index (χ3n) is 6.05. The van der Waals surface area contributed by atoms with Gasteiger partial charge in [-0.3, -0.25) is 9.67 Å². The molecule has 0 radical (unpaired) electrons. The van der Waals surface area contributed by atoms with Gasteiger partial charge < -0.3 is 15.2 Å². The number of hydrogen-bond donors (Lipinski definition) is 2. The summed E-state index contributed by atoms with van der Waals surface area (Å²) < 4.78 is 8.91. The minimum atomic E-state index is 0.0642. The zero-order valence-corrected chi connectivity index (χ0v) is 18.9. The first-order valence-electron chi connectivity index (χ1n) is 11.1. The molecule has 1 aliphatic carbocycles. The minimum absolute atomic E-state index is 0.0642. The zero-order chi connectivity index (χ0) is 21.9. The molecule has 8 heteroatoms. The Morgan fingerprint density at radius 2 is 2.03 bits per heavy atom. The van der Waals surface area contributed by atoms with E-state index in [9.17, 15) is 5.11 Å². The summed E-state index contributed by atoms with van der Waals surface area (Å²) in [6.45, 7) is 0.135. The van der Waals surface area contributed by atoms with Crippen LogP contribution in [-0.4, -0.2) is 37.5 Å². The number of nitrogens with zero attached hydrogens (tertiary/aromatic N) is 4. The van der Waals surface area contributed by atoms with Crippen LogP contribution >= 0.6 is 11.3 Å². The minimum Gasteiger partial charge on any atom is -0.457 e. The summed E-state index contributed by atoms with van der Waals surface area (Å²) in [6, 6.07) is 9.74. The highest BCUT2D eigenvalue weighted by atomic mass is 32.1. The van der Waals surface area contributed by atoms with Crippen molar-refractivity contribution in [1.82, 2.24) is 19.7 Å². The van der Waals surface area contributed by atoms with Crippen LogP contribution in [0.3, 0.4) is 0 Å². The number of aryl methyl sites for hydroxylation is 1. The second kappa shape index (κ2) is 9.26. The molecule has 1 saturated carbocycles. The summed E-state index contributed by atoms with van der Waals surface area (Å²) in [5.74, 6) is 1.99. The smallest absolute Gasteiger partial charge is 0.184 e. The van der Waals surface area contributed by atoms with Gasteiger partial charge in [0.05, 0.1) is 34.8 Å². The molecule has 0 aliphatic heterocycles. The molecule has 166 valence electrons. The van der Waals surface area contributed by atoms with Crippen molar-refractivity contribution in [2.75, 3.05) is 11.9 Å². The van der Waals surface area contributed by atoms with E-state index in [0.717, 1.165) is 38.1 Å². The number of nitrogens with one attached hydrogen (secondary N) is 1. The number of hydrogen-bond acceptors (Lipinski definition) is 7. The largest absolute Gasteiger partial charge is 0.457 e. The van der Waals surface area contributed by atoms with Gasteiger partial charge in [0.15, 0.2) is 5.13 Å². The van der Waals surface area contributed by atoms with Crippen LogP contribution in [0.15, 0.2) is 48.9 Å². The third-order valence-corrected chi connectivity index (χ3v) is 7.00. The molecule has 5 rings (SSSR count). The van der Waals surface area contributed by atoms with Crippen LogP contribution in [0.1, 0.15) is 32.1 Å². The molecule has 1 aromatic carbocycles. The molecular weight excluding hydrogens is 422 g/mol. The van der Waals surface area contributed by atoms with Gasteiger partial charge in [-0.1, -0.05) is 30.6 Å². The number of pyridine rings is 1. The fourth-order valence-electron chi connectivity index (χ4n) is 4.36. The molecule has 32 heavy (non-hydrogen) atoms. The van der Waals surface area contributed by atoms with Crippen LogP contribution in [0.4, 0.5) is 5.13 Å². The first-order chi connectivity index (χ1) is 15.7. The Kier molecular flexibility index (Phi) is 6.05. The maximum absolute atomic E-state index is 9.91.